The standard InChI is InChI=1S/C14H14N2O4S2/c1-14(2)19-9-10(20-14)8-18-13-15-12(16-21-13)22(17)11-6-4-3-5-7-11/h3-7,9H,8H2,1-2H3. The molecular formula is C14H14N2O4S2. The first kappa shape index (κ1) is 15.0. The minimum Gasteiger partial charge on any atom is -0.461 e. The average molecular weight is 338 g/mol. The van der Waals surface area contributed by atoms with Gasteiger partial charge in [0.25, 0.3) is 5.19 Å². The number of benzene rings is 1. The van der Waals surface area contributed by atoms with Crippen LogP contribution in [0.3, 0.4) is 0 Å². The van der Waals surface area contributed by atoms with Crippen molar-refractivity contribution in [1.29, 1.82) is 0 Å². The Morgan fingerprint density at radius 1 is 1.32 bits per heavy atom. The van der Waals surface area contributed by atoms with Crippen LogP contribution in [0, 0.1) is 0 Å². The van der Waals surface area contributed by atoms with Crippen LogP contribution in [0.15, 0.2) is 52.4 Å². The number of rotatable bonds is 5. The third-order valence-corrected chi connectivity index (χ3v) is 4.66. The van der Waals surface area contributed by atoms with Gasteiger partial charge >= 0.3 is 0 Å². The number of nitrogens with zero attached hydrogens (tertiary/aromatic N) is 2. The summed E-state index contributed by atoms with van der Waals surface area (Å²) in [6.45, 7) is 3.81. The highest BCUT2D eigenvalue weighted by Crippen LogP contribution is 2.26. The lowest BCUT2D eigenvalue weighted by Crippen LogP contribution is -2.21. The zero-order valence-electron chi connectivity index (χ0n) is 12.0. The second-order valence-corrected chi connectivity index (χ2v) is 7.01. The van der Waals surface area contributed by atoms with E-state index in [1.54, 1.807) is 12.1 Å². The number of hydrogen-bond donors (Lipinski definition) is 0. The summed E-state index contributed by atoms with van der Waals surface area (Å²) in [6.07, 6.45) is 1.52. The van der Waals surface area contributed by atoms with Gasteiger partial charge in [0.05, 0.1) is 0 Å². The van der Waals surface area contributed by atoms with E-state index in [0.717, 1.165) is 11.5 Å². The molecule has 0 N–H and O–H groups in total. The van der Waals surface area contributed by atoms with Crippen LogP contribution in [0.5, 0.6) is 5.19 Å². The Morgan fingerprint density at radius 2 is 2.09 bits per heavy atom. The molecule has 1 unspecified atom stereocenters. The van der Waals surface area contributed by atoms with Gasteiger partial charge in [-0.15, -0.1) is 0 Å². The van der Waals surface area contributed by atoms with E-state index >= 15 is 0 Å². The summed E-state index contributed by atoms with van der Waals surface area (Å²) < 4.78 is 32.7. The lowest BCUT2D eigenvalue weighted by atomic mass is 10.4. The fourth-order valence-corrected chi connectivity index (χ4v) is 3.41. The first-order chi connectivity index (χ1) is 10.5. The Labute approximate surface area is 134 Å². The number of ether oxygens (including phenoxy) is 3. The molecule has 1 aromatic heterocycles. The quantitative estimate of drug-likeness (QED) is 0.835. The van der Waals surface area contributed by atoms with Crippen LogP contribution >= 0.6 is 11.5 Å². The summed E-state index contributed by atoms with van der Waals surface area (Å²) in [7, 11) is -1.41. The molecular weight excluding hydrogens is 324 g/mol. The molecule has 116 valence electrons. The molecule has 22 heavy (non-hydrogen) atoms. The van der Waals surface area contributed by atoms with Crippen molar-refractivity contribution in [2.75, 3.05) is 6.61 Å². The largest absolute Gasteiger partial charge is 0.461 e. The minimum atomic E-state index is -1.41. The molecule has 1 aliphatic heterocycles. The molecule has 3 rings (SSSR count). The molecule has 1 atom stereocenters. The maximum absolute atomic E-state index is 12.3. The van der Waals surface area contributed by atoms with Crippen molar-refractivity contribution in [2.24, 2.45) is 0 Å². The maximum atomic E-state index is 12.3. The molecule has 2 aromatic rings. The summed E-state index contributed by atoms with van der Waals surface area (Å²) in [4.78, 5) is 4.80. The van der Waals surface area contributed by atoms with Crippen molar-refractivity contribution in [3.8, 4) is 5.19 Å². The van der Waals surface area contributed by atoms with E-state index in [2.05, 4.69) is 9.36 Å². The maximum Gasteiger partial charge on any atom is 0.294 e. The SMILES string of the molecule is CC1(C)OC=C(COc2nc(S(=O)c3ccccc3)ns2)O1. The van der Waals surface area contributed by atoms with Gasteiger partial charge in [-0.25, -0.2) is 4.21 Å². The number of aromatic nitrogens is 2. The Kier molecular flexibility index (Phi) is 4.12. The number of hydrogen-bond acceptors (Lipinski definition) is 7. The lowest BCUT2D eigenvalue weighted by molar-refractivity contribution is -0.119. The summed E-state index contributed by atoms with van der Waals surface area (Å²) in [5.74, 6) is -0.0919. The molecule has 1 aliphatic rings. The van der Waals surface area contributed by atoms with Gasteiger partial charge in [-0.05, 0) is 12.1 Å². The van der Waals surface area contributed by atoms with E-state index < -0.39 is 16.6 Å². The Hall–Kier alpha value is -1.93. The van der Waals surface area contributed by atoms with Crippen LogP contribution in [-0.4, -0.2) is 26.0 Å². The van der Waals surface area contributed by atoms with Gasteiger partial charge in [-0.2, -0.15) is 9.36 Å². The van der Waals surface area contributed by atoms with E-state index in [1.165, 1.54) is 6.26 Å². The Balaban J connectivity index is 1.61. The van der Waals surface area contributed by atoms with Crippen molar-refractivity contribution < 1.29 is 18.4 Å². The van der Waals surface area contributed by atoms with Crippen molar-refractivity contribution >= 4 is 22.3 Å². The lowest BCUT2D eigenvalue weighted by Gasteiger charge is -2.17. The molecule has 1 aromatic carbocycles. The smallest absolute Gasteiger partial charge is 0.294 e. The molecule has 6 nitrogen and oxygen atoms in total. The molecule has 0 saturated heterocycles. The van der Waals surface area contributed by atoms with Gasteiger partial charge in [-0.3, -0.25) is 0 Å². The van der Waals surface area contributed by atoms with E-state index in [4.69, 9.17) is 14.2 Å². The third kappa shape index (κ3) is 3.45. The highest BCUT2D eigenvalue weighted by Gasteiger charge is 2.28. The van der Waals surface area contributed by atoms with Crippen LogP contribution in [0.25, 0.3) is 0 Å². The molecule has 2 heterocycles. The summed E-state index contributed by atoms with van der Waals surface area (Å²) in [5.41, 5.74) is 0. The van der Waals surface area contributed by atoms with Gasteiger partial charge in [0.2, 0.25) is 10.9 Å². The minimum absolute atomic E-state index is 0.191. The topological polar surface area (TPSA) is 70.5 Å². The van der Waals surface area contributed by atoms with Crippen molar-refractivity contribution in [3.05, 3.63) is 42.4 Å². The third-order valence-electron chi connectivity index (χ3n) is 2.70. The summed E-state index contributed by atoms with van der Waals surface area (Å²) >= 11 is 1.06. The monoisotopic (exact) mass is 338 g/mol. The van der Waals surface area contributed by atoms with Crippen molar-refractivity contribution in [2.45, 2.75) is 29.7 Å². The van der Waals surface area contributed by atoms with Crippen LogP contribution in [-0.2, 0) is 20.3 Å². The van der Waals surface area contributed by atoms with Crippen molar-refractivity contribution in [3.63, 3.8) is 0 Å². The summed E-state index contributed by atoms with van der Waals surface area (Å²) in [6, 6.07) is 9.05. The van der Waals surface area contributed by atoms with Crippen LogP contribution in [0.2, 0.25) is 0 Å². The molecule has 0 fully saturated rings. The molecule has 0 spiro atoms. The van der Waals surface area contributed by atoms with Gasteiger partial charge in [-0.1, -0.05) is 18.2 Å². The molecule has 0 radical (unpaired) electrons. The highest BCUT2D eigenvalue weighted by molar-refractivity contribution is 7.85. The van der Waals surface area contributed by atoms with Crippen LogP contribution < -0.4 is 4.74 Å². The highest BCUT2D eigenvalue weighted by atomic mass is 32.2. The van der Waals surface area contributed by atoms with Gasteiger partial charge in [0, 0.05) is 30.3 Å². The fourth-order valence-electron chi connectivity index (χ4n) is 1.75. The second kappa shape index (κ2) is 6.05. The second-order valence-electron chi connectivity index (χ2n) is 4.92. The van der Waals surface area contributed by atoms with Crippen LogP contribution in [0.4, 0.5) is 0 Å². The van der Waals surface area contributed by atoms with E-state index in [-0.39, 0.29) is 11.8 Å². The normalized spacial score (nSPS) is 17.3. The Bertz CT molecular complexity index is 713. The molecule has 0 saturated carbocycles. The first-order valence-corrected chi connectivity index (χ1v) is 8.45. The zero-order chi connectivity index (χ0) is 15.6. The predicted molar refractivity (Wildman–Crippen MR) is 80.9 cm³/mol. The first-order valence-electron chi connectivity index (χ1n) is 6.53. The van der Waals surface area contributed by atoms with Gasteiger partial charge in [0.15, 0.2) is 12.4 Å². The average Bonchev–Trinajstić information content (AvgIpc) is 3.11. The van der Waals surface area contributed by atoms with Gasteiger partial charge in [0.1, 0.15) is 17.1 Å². The van der Waals surface area contributed by atoms with Gasteiger partial charge < -0.3 is 14.2 Å². The molecule has 8 heteroatoms. The molecule has 0 bridgehead atoms. The van der Waals surface area contributed by atoms with E-state index in [0.29, 0.717) is 15.8 Å². The van der Waals surface area contributed by atoms with Crippen molar-refractivity contribution in [1.82, 2.24) is 9.36 Å². The van der Waals surface area contributed by atoms with E-state index in [9.17, 15) is 4.21 Å². The van der Waals surface area contributed by atoms with Crippen LogP contribution in [0.1, 0.15) is 13.8 Å². The molecule has 0 amide bonds. The Morgan fingerprint density at radius 3 is 2.77 bits per heavy atom. The fraction of sp³-hybridized carbons (Fsp3) is 0.286. The van der Waals surface area contributed by atoms with E-state index in [1.807, 2.05) is 32.0 Å². The predicted octanol–water partition coefficient (Wildman–Crippen LogP) is 2.71. The summed E-state index contributed by atoms with van der Waals surface area (Å²) in [5, 5.41) is 0.581. The molecule has 0 aliphatic carbocycles. The zero-order valence-corrected chi connectivity index (χ0v) is 13.6.